The van der Waals surface area contributed by atoms with Crippen LogP contribution in [0.15, 0.2) is 17.0 Å². The molecule has 1 heterocycles. The monoisotopic (exact) mass is 151 g/mol. The van der Waals surface area contributed by atoms with Crippen molar-refractivity contribution in [3.63, 3.8) is 0 Å². The van der Waals surface area contributed by atoms with Crippen LogP contribution in [0.4, 0.5) is 0 Å². The Morgan fingerprint density at radius 2 is 2.50 bits per heavy atom. The molecule has 0 aromatic heterocycles. The highest BCUT2D eigenvalue weighted by Gasteiger charge is 2.17. The van der Waals surface area contributed by atoms with Crippen molar-refractivity contribution in [1.29, 1.82) is 0 Å². The zero-order chi connectivity index (χ0) is 6.15. The predicted molar refractivity (Wildman–Crippen MR) is 32.1 cm³/mol. The molecule has 0 bridgehead atoms. The van der Waals surface area contributed by atoms with E-state index in [0.29, 0.717) is 0 Å². The summed E-state index contributed by atoms with van der Waals surface area (Å²) in [5, 5.41) is 8.59. The Bertz CT molecular complexity index is 191. The van der Waals surface area contributed by atoms with Crippen molar-refractivity contribution >= 4 is 25.7 Å². The molecule has 1 rings (SSSR count). The maximum Gasteiger partial charge on any atom is 0.186 e. The maximum absolute atomic E-state index is 10.2. The lowest BCUT2D eigenvalue weighted by Gasteiger charge is -2.03. The molecule has 1 N–H and O–H groups in total. The average Bonchev–Trinajstić information content (AvgIpc) is 1.61. The Morgan fingerprint density at radius 1 is 1.88 bits per heavy atom. The third-order valence-electron chi connectivity index (χ3n) is 0.675. The number of aliphatic hydroxyl groups is 1. The second kappa shape index (κ2) is 1.87. The topological polar surface area (TPSA) is 49.7 Å². The van der Waals surface area contributed by atoms with E-state index in [1.54, 1.807) is 0 Å². The molecule has 0 radical (unpaired) electrons. The van der Waals surface area contributed by atoms with Crippen molar-refractivity contribution in [2.24, 2.45) is 4.99 Å². The Kier molecular flexibility index (Phi) is 1.35. The van der Waals surface area contributed by atoms with E-state index >= 15 is 0 Å². The van der Waals surface area contributed by atoms with E-state index in [1.807, 2.05) is 0 Å². The number of nitrogens with zero attached hydrogens (tertiary/aromatic N) is 1. The number of aliphatic hydroxyl groups excluding tert-OH is 1. The first-order valence-electron chi connectivity index (χ1n) is 1.77. The van der Waals surface area contributed by atoms with E-state index < -0.39 is 10.0 Å². The van der Waals surface area contributed by atoms with Gasteiger partial charge in [-0.05, 0) is 10.7 Å². The molecule has 3 nitrogen and oxygen atoms in total. The molecule has 0 aromatic carbocycles. The number of halogens is 1. The minimum absolute atomic E-state index is 0.0617. The summed E-state index contributed by atoms with van der Waals surface area (Å²) in [5.74, 6) is -0.0849. The quantitative estimate of drug-likeness (QED) is 0.518. The van der Waals surface area contributed by atoms with Gasteiger partial charge in [0.25, 0.3) is 0 Å². The summed E-state index contributed by atoms with van der Waals surface area (Å²) in [6.45, 7) is 0. The molecule has 8 heavy (non-hydrogen) atoms. The fourth-order valence-electron chi connectivity index (χ4n) is 0.299. The van der Waals surface area contributed by atoms with Gasteiger partial charge < -0.3 is 5.11 Å². The van der Waals surface area contributed by atoms with Crippen LogP contribution in [0.25, 0.3) is 0 Å². The Balaban J connectivity index is 2.66. The number of rotatable bonds is 0. The van der Waals surface area contributed by atoms with E-state index in [2.05, 4.69) is 4.99 Å². The van der Waals surface area contributed by atoms with E-state index in [9.17, 15) is 4.21 Å². The Morgan fingerprint density at radius 3 is 2.50 bits per heavy atom. The summed E-state index contributed by atoms with van der Waals surface area (Å²) < 4.78 is 10.2. The van der Waals surface area contributed by atoms with Crippen molar-refractivity contribution in [3.05, 3.63) is 12.0 Å². The van der Waals surface area contributed by atoms with Crippen molar-refractivity contribution in [3.8, 4) is 0 Å². The predicted octanol–water partition coefficient (Wildman–Crippen LogP) is 0.700. The molecule has 0 fully saturated rings. The highest BCUT2D eigenvalue weighted by molar-refractivity contribution is 8.21. The van der Waals surface area contributed by atoms with Gasteiger partial charge in [0, 0.05) is 0 Å². The van der Waals surface area contributed by atoms with Gasteiger partial charge in [-0.25, -0.2) is 9.20 Å². The number of hydrogen-bond acceptors (Lipinski definition) is 3. The largest absolute Gasteiger partial charge is 0.504 e. The van der Waals surface area contributed by atoms with Gasteiger partial charge in [0.1, 0.15) is 0 Å². The molecular formula is C3H2ClNO2S. The molecule has 44 valence electrons. The molecule has 0 saturated heterocycles. The molecule has 1 atom stereocenters. The fourth-order valence-corrected chi connectivity index (χ4v) is 1.01. The van der Waals surface area contributed by atoms with Crippen molar-refractivity contribution in [2.45, 2.75) is 0 Å². The number of aliphatic imine (C=N–C) groups is 1. The third-order valence-corrected chi connectivity index (χ3v) is 1.73. The van der Waals surface area contributed by atoms with Gasteiger partial charge in [0.2, 0.25) is 0 Å². The molecule has 1 aliphatic rings. The van der Waals surface area contributed by atoms with Gasteiger partial charge >= 0.3 is 0 Å². The molecule has 1 aliphatic heterocycles. The standard InChI is InChI=1S/C3H2ClNO2S/c4-8(7)3-2(6)1-5-3/h1,6H. The third kappa shape index (κ3) is 0.763. The Hall–Kier alpha value is -0.350. The van der Waals surface area contributed by atoms with E-state index in [-0.39, 0.29) is 10.8 Å². The van der Waals surface area contributed by atoms with Crippen molar-refractivity contribution in [2.75, 3.05) is 0 Å². The lowest BCUT2D eigenvalue weighted by Crippen LogP contribution is -2.10. The van der Waals surface area contributed by atoms with Crippen LogP contribution >= 0.6 is 10.7 Å². The average molecular weight is 152 g/mol. The molecule has 0 spiro atoms. The first-order valence-corrected chi connectivity index (χ1v) is 3.75. The van der Waals surface area contributed by atoms with Crippen LogP contribution in [-0.2, 0) is 10.0 Å². The van der Waals surface area contributed by atoms with E-state index in [4.69, 9.17) is 15.8 Å². The van der Waals surface area contributed by atoms with Crippen molar-refractivity contribution < 1.29 is 9.32 Å². The molecule has 0 saturated carbocycles. The molecule has 0 aromatic rings. The molecular weight excluding hydrogens is 150 g/mol. The van der Waals surface area contributed by atoms with Crippen LogP contribution in [0.1, 0.15) is 0 Å². The fraction of sp³-hybridized carbons (Fsp3) is 0. The van der Waals surface area contributed by atoms with Gasteiger partial charge in [0.15, 0.2) is 20.8 Å². The summed E-state index contributed by atoms with van der Waals surface area (Å²) in [4.78, 5) is 3.42. The van der Waals surface area contributed by atoms with E-state index in [1.165, 1.54) is 6.20 Å². The van der Waals surface area contributed by atoms with Crippen LogP contribution in [-0.4, -0.2) is 14.4 Å². The minimum atomic E-state index is -1.65. The van der Waals surface area contributed by atoms with Gasteiger partial charge in [-0.1, -0.05) is 0 Å². The first kappa shape index (κ1) is 5.78. The highest BCUT2D eigenvalue weighted by atomic mass is 35.7. The molecule has 1 unspecified atom stereocenters. The van der Waals surface area contributed by atoms with Gasteiger partial charge in [-0.15, -0.1) is 0 Å². The normalized spacial score (nSPS) is 20.6. The zero-order valence-electron chi connectivity index (χ0n) is 3.67. The molecule has 0 amide bonds. The second-order valence-corrected chi connectivity index (χ2v) is 2.85. The Labute approximate surface area is 52.6 Å². The molecule has 0 aliphatic carbocycles. The lowest BCUT2D eigenvalue weighted by molar-refractivity contribution is 0.437. The van der Waals surface area contributed by atoms with Crippen molar-refractivity contribution in [1.82, 2.24) is 0 Å². The highest BCUT2D eigenvalue weighted by Crippen LogP contribution is 2.11. The number of hydrogen-bond donors (Lipinski definition) is 1. The summed E-state index contributed by atoms with van der Waals surface area (Å²) >= 11 is 0. The second-order valence-electron chi connectivity index (χ2n) is 1.17. The van der Waals surface area contributed by atoms with Crippen LogP contribution < -0.4 is 0 Å². The van der Waals surface area contributed by atoms with Gasteiger partial charge in [-0.3, -0.25) is 0 Å². The molecule has 5 heteroatoms. The van der Waals surface area contributed by atoms with Gasteiger partial charge in [-0.2, -0.15) is 0 Å². The minimum Gasteiger partial charge on any atom is -0.504 e. The van der Waals surface area contributed by atoms with Crippen LogP contribution in [0, 0.1) is 0 Å². The summed E-state index contributed by atoms with van der Waals surface area (Å²) in [5.41, 5.74) is 0. The van der Waals surface area contributed by atoms with Crippen LogP contribution in [0.2, 0.25) is 0 Å². The van der Waals surface area contributed by atoms with Gasteiger partial charge in [0.05, 0.1) is 6.20 Å². The zero-order valence-corrected chi connectivity index (χ0v) is 5.24. The summed E-state index contributed by atoms with van der Waals surface area (Å²) in [6.07, 6.45) is 1.19. The summed E-state index contributed by atoms with van der Waals surface area (Å²) in [7, 11) is 3.37. The van der Waals surface area contributed by atoms with Crippen LogP contribution in [0.3, 0.4) is 0 Å². The smallest absolute Gasteiger partial charge is 0.186 e. The first-order chi connectivity index (χ1) is 3.72. The van der Waals surface area contributed by atoms with E-state index in [0.717, 1.165) is 0 Å². The summed E-state index contributed by atoms with van der Waals surface area (Å²) in [6, 6.07) is 0. The lowest BCUT2D eigenvalue weighted by atomic mass is 10.5. The maximum atomic E-state index is 10.2. The SMILES string of the molecule is O=S(Cl)C1=NC=C1O. The van der Waals surface area contributed by atoms with Crippen LogP contribution in [0.5, 0.6) is 0 Å².